The van der Waals surface area contributed by atoms with Gasteiger partial charge in [0.15, 0.2) is 0 Å². The molecule has 0 radical (unpaired) electrons. The van der Waals surface area contributed by atoms with E-state index in [9.17, 15) is 4.79 Å². The molecule has 0 aliphatic carbocycles. The summed E-state index contributed by atoms with van der Waals surface area (Å²) >= 11 is 0. The topological polar surface area (TPSA) is 69.5 Å². The van der Waals surface area contributed by atoms with Gasteiger partial charge in [-0.2, -0.15) is 10.2 Å². The lowest BCUT2D eigenvalue weighted by Crippen LogP contribution is -2.27. The number of ether oxygens (including phenoxy) is 3. The van der Waals surface area contributed by atoms with Gasteiger partial charge < -0.3 is 14.2 Å². The fraction of sp³-hybridized carbons (Fsp3) is 0.296. The van der Waals surface area contributed by atoms with Crippen LogP contribution in [0.15, 0.2) is 83.0 Å². The van der Waals surface area contributed by atoms with E-state index in [2.05, 4.69) is 10.2 Å². The molecule has 3 aromatic carbocycles. The van der Waals surface area contributed by atoms with Crippen molar-refractivity contribution in [3.8, 4) is 22.6 Å². The molecule has 3 aromatic rings. The first-order chi connectivity index (χ1) is 15.9. The molecule has 0 aromatic heterocycles. The van der Waals surface area contributed by atoms with E-state index < -0.39 is 5.41 Å². The minimum Gasteiger partial charge on any atom is -0.497 e. The summed E-state index contributed by atoms with van der Waals surface area (Å²) in [5.41, 5.74) is 3.23. The Morgan fingerprint density at radius 3 is 1.76 bits per heavy atom. The maximum atomic E-state index is 12.0. The second kappa shape index (κ2) is 11.3. The zero-order valence-corrected chi connectivity index (χ0v) is 19.6. The Morgan fingerprint density at radius 1 is 0.758 bits per heavy atom. The summed E-state index contributed by atoms with van der Waals surface area (Å²) in [7, 11) is 1.66. The zero-order valence-electron chi connectivity index (χ0n) is 19.6. The van der Waals surface area contributed by atoms with Gasteiger partial charge in [0.1, 0.15) is 24.7 Å². The third kappa shape index (κ3) is 6.91. The van der Waals surface area contributed by atoms with E-state index in [0.29, 0.717) is 12.4 Å². The predicted octanol–water partition coefficient (Wildman–Crippen LogP) is 7.14. The molecule has 33 heavy (non-hydrogen) atoms. The maximum absolute atomic E-state index is 12.0. The largest absolute Gasteiger partial charge is 0.497 e. The maximum Gasteiger partial charge on any atom is 0.311 e. The van der Waals surface area contributed by atoms with Gasteiger partial charge in [0.25, 0.3) is 0 Å². The van der Waals surface area contributed by atoms with Crippen molar-refractivity contribution in [2.24, 2.45) is 15.6 Å². The zero-order chi connectivity index (χ0) is 23.7. The lowest BCUT2D eigenvalue weighted by Gasteiger charge is -2.20. The van der Waals surface area contributed by atoms with Crippen LogP contribution in [-0.2, 0) is 9.53 Å². The summed E-state index contributed by atoms with van der Waals surface area (Å²) in [6, 6.07) is 23.1. The third-order valence-corrected chi connectivity index (χ3v) is 5.43. The van der Waals surface area contributed by atoms with Crippen molar-refractivity contribution >= 4 is 17.3 Å². The minimum absolute atomic E-state index is 0.207. The van der Waals surface area contributed by atoms with Crippen LogP contribution in [0.4, 0.5) is 11.4 Å². The van der Waals surface area contributed by atoms with Gasteiger partial charge in [-0.15, -0.1) is 0 Å². The Kier molecular flexibility index (Phi) is 8.19. The molecular weight excluding hydrogens is 416 g/mol. The average molecular weight is 447 g/mol. The number of carbonyl (C=O) groups is 1. The third-order valence-electron chi connectivity index (χ3n) is 5.43. The monoisotopic (exact) mass is 446 g/mol. The van der Waals surface area contributed by atoms with Gasteiger partial charge in [-0.3, -0.25) is 4.79 Å². The second-order valence-electron chi connectivity index (χ2n) is 8.19. The lowest BCUT2D eigenvalue weighted by atomic mass is 9.91. The van der Waals surface area contributed by atoms with Crippen molar-refractivity contribution in [1.82, 2.24) is 0 Å². The van der Waals surface area contributed by atoms with Gasteiger partial charge in [0, 0.05) is 0 Å². The molecule has 6 nitrogen and oxygen atoms in total. The summed E-state index contributed by atoms with van der Waals surface area (Å²) in [6.07, 6.45) is 0.732. The van der Waals surface area contributed by atoms with Crippen molar-refractivity contribution in [2.45, 2.75) is 27.2 Å². The van der Waals surface area contributed by atoms with Crippen LogP contribution < -0.4 is 9.47 Å². The molecular formula is C27H30N2O4. The van der Waals surface area contributed by atoms with Gasteiger partial charge in [-0.1, -0.05) is 31.2 Å². The molecule has 6 heteroatoms. The molecule has 0 bridgehead atoms. The summed E-state index contributed by atoms with van der Waals surface area (Å²) in [5.74, 6) is 1.31. The highest BCUT2D eigenvalue weighted by Gasteiger charge is 2.26. The number of rotatable bonds is 10. The molecule has 0 N–H and O–H groups in total. The van der Waals surface area contributed by atoms with E-state index in [1.165, 1.54) is 0 Å². The SMILES string of the molecule is CCC(C)(C)C(=O)OCCOc1ccc(/N=N/c2ccc(-c3ccc(OC)cc3)cc2)cc1. The fourth-order valence-corrected chi connectivity index (χ4v) is 2.86. The number of esters is 1. The van der Waals surface area contributed by atoms with Crippen LogP contribution in [0.1, 0.15) is 27.2 Å². The number of benzene rings is 3. The Balaban J connectivity index is 1.49. The average Bonchev–Trinajstić information content (AvgIpc) is 2.86. The van der Waals surface area contributed by atoms with Gasteiger partial charge in [-0.05, 0) is 79.9 Å². The molecule has 0 heterocycles. The number of azo groups is 1. The number of carbonyl (C=O) groups excluding carboxylic acids is 1. The Hall–Kier alpha value is -3.67. The summed E-state index contributed by atoms with van der Waals surface area (Å²) in [6.45, 7) is 6.23. The quantitative estimate of drug-likeness (QED) is 0.189. The van der Waals surface area contributed by atoms with Crippen LogP contribution in [0.2, 0.25) is 0 Å². The predicted molar refractivity (Wildman–Crippen MR) is 130 cm³/mol. The molecule has 0 fully saturated rings. The summed E-state index contributed by atoms with van der Waals surface area (Å²) in [4.78, 5) is 12.0. The fourth-order valence-electron chi connectivity index (χ4n) is 2.86. The number of hydrogen-bond acceptors (Lipinski definition) is 6. The van der Waals surface area contributed by atoms with Gasteiger partial charge in [0.2, 0.25) is 0 Å². The minimum atomic E-state index is -0.470. The van der Waals surface area contributed by atoms with Crippen LogP contribution in [0, 0.1) is 5.41 Å². The highest BCUT2D eigenvalue weighted by molar-refractivity contribution is 5.75. The van der Waals surface area contributed by atoms with Crippen LogP contribution in [-0.4, -0.2) is 26.3 Å². The Morgan fingerprint density at radius 2 is 1.24 bits per heavy atom. The van der Waals surface area contributed by atoms with E-state index in [1.807, 2.05) is 93.6 Å². The first kappa shape index (κ1) is 24.0. The van der Waals surface area contributed by atoms with Crippen LogP contribution in [0.3, 0.4) is 0 Å². The molecule has 0 spiro atoms. The van der Waals surface area contributed by atoms with Crippen molar-refractivity contribution in [3.05, 3.63) is 72.8 Å². The molecule has 0 saturated heterocycles. The standard InChI is InChI=1S/C27H30N2O4/c1-5-27(2,3)26(30)33-19-18-32-25-16-12-23(13-17-25)29-28-22-10-6-20(7-11-22)21-8-14-24(31-4)15-9-21/h6-17H,5,18-19H2,1-4H3/b29-28+. The van der Waals surface area contributed by atoms with E-state index in [4.69, 9.17) is 14.2 Å². The highest BCUT2D eigenvalue weighted by atomic mass is 16.6. The molecule has 0 atom stereocenters. The number of methoxy groups -OCH3 is 1. The molecule has 0 amide bonds. The molecule has 0 aliphatic heterocycles. The molecule has 0 aliphatic rings. The highest BCUT2D eigenvalue weighted by Crippen LogP contribution is 2.26. The van der Waals surface area contributed by atoms with Crippen LogP contribution in [0.25, 0.3) is 11.1 Å². The van der Waals surface area contributed by atoms with Crippen molar-refractivity contribution < 1.29 is 19.0 Å². The first-order valence-corrected chi connectivity index (χ1v) is 11.0. The summed E-state index contributed by atoms with van der Waals surface area (Å²) < 4.78 is 16.1. The lowest BCUT2D eigenvalue weighted by molar-refractivity contribution is -0.154. The Labute approximate surface area is 195 Å². The smallest absolute Gasteiger partial charge is 0.311 e. The second-order valence-corrected chi connectivity index (χ2v) is 8.19. The van der Waals surface area contributed by atoms with E-state index in [0.717, 1.165) is 34.7 Å². The van der Waals surface area contributed by atoms with E-state index in [1.54, 1.807) is 7.11 Å². The van der Waals surface area contributed by atoms with Crippen LogP contribution >= 0.6 is 0 Å². The molecule has 3 rings (SSSR count). The Bertz CT molecular complexity index is 1060. The number of hydrogen-bond donors (Lipinski definition) is 0. The van der Waals surface area contributed by atoms with Crippen molar-refractivity contribution in [3.63, 3.8) is 0 Å². The van der Waals surface area contributed by atoms with Crippen molar-refractivity contribution in [1.29, 1.82) is 0 Å². The van der Waals surface area contributed by atoms with Gasteiger partial charge >= 0.3 is 5.97 Å². The molecule has 0 unspecified atom stereocenters. The van der Waals surface area contributed by atoms with Crippen molar-refractivity contribution in [2.75, 3.05) is 20.3 Å². The normalized spacial score (nSPS) is 11.4. The summed E-state index contributed by atoms with van der Waals surface area (Å²) in [5, 5.41) is 8.58. The van der Waals surface area contributed by atoms with E-state index in [-0.39, 0.29) is 12.6 Å². The van der Waals surface area contributed by atoms with Crippen LogP contribution in [0.5, 0.6) is 11.5 Å². The molecule has 0 saturated carbocycles. The van der Waals surface area contributed by atoms with Gasteiger partial charge in [-0.25, -0.2) is 0 Å². The first-order valence-electron chi connectivity index (χ1n) is 11.0. The van der Waals surface area contributed by atoms with E-state index >= 15 is 0 Å². The molecule has 172 valence electrons. The van der Waals surface area contributed by atoms with Gasteiger partial charge in [0.05, 0.1) is 23.9 Å². The number of nitrogens with zero attached hydrogens (tertiary/aromatic N) is 2.